The minimum atomic E-state index is -0.465. The van der Waals surface area contributed by atoms with Gasteiger partial charge in [-0.2, -0.15) is 0 Å². The summed E-state index contributed by atoms with van der Waals surface area (Å²) in [5.74, 6) is 0.330. The van der Waals surface area contributed by atoms with Gasteiger partial charge < -0.3 is 5.32 Å². The Morgan fingerprint density at radius 2 is 2.05 bits per heavy atom. The molecular formula is C14H14N4O3S. The van der Waals surface area contributed by atoms with Crippen molar-refractivity contribution in [3.63, 3.8) is 0 Å². The fourth-order valence-electron chi connectivity index (χ4n) is 1.76. The Kier molecular flexibility index (Phi) is 5.42. The van der Waals surface area contributed by atoms with E-state index in [0.29, 0.717) is 22.2 Å². The number of benzene rings is 1. The van der Waals surface area contributed by atoms with Crippen molar-refractivity contribution in [3.8, 4) is 0 Å². The van der Waals surface area contributed by atoms with Crippen molar-refractivity contribution in [3.05, 3.63) is 52.3 Å². The monoisotopic (exact) mass is 318 g/mol. The number of thioether (sulfide) groups is 1. The number of nitrogens with zero attached hydrogens (tertiary/aromatic N) is 3. The van der Waals surface area contributed by atoms with E-state index in [9.17, 15) is 14.9 Å². The molecule has 2 aromatic rings. The van der Waals surface area contributed by atoms with Gasteiger partial charge in [0.2, 0.25) is 5.91 Å². The van der Waals surface area contributed by atoms with E-state index in [1.54, 1.807) is 37.5 Å². The van der Waals surface area contributed by atoms with Crippen LogP contribution in [0.2, 0.25) is 0 Å². The third-order valence-electron chi connectivity index (χ3n) is 2.88. The van der Waals surface area contributed by atoms with E-state index in [2.05, 4.69) is 15.3 Å². The van der Waals surface area contributed by atoms with Crippen LogP contribution < -0.4 is 5.32 Å². The second-order valence-corrected chi connectivity index (χ2v) is 5.45. The SMILES string of the molecule is Cc1c(NC(=O)CCSc2ncccn2)cccc1[N+](=O)[O-]. The van der Waals surface area contributed by atoms with Crippen LogP contribution in [-0.2, 0) is 4.79 Å². The maximum atomic E-state index is 11.9. The third kappa shape index (κ3) is 4.26. The van der Waals surface area contributed by atoms with Crippen molar-refractivity contribution in [2.75, 3.05) is 11.1 Å². The molecule has 1 aromatic heterocycles. The first-order valence-corrected chi connectivity index (χ1v) is 7.50. The first-order valence-electron chi connectivity index (χ1n) is 6.51. The number of nitro groups is 1. The lowest BCUT2D eigenvalue weighted by molar-refractivity contribution is -0.385. The lowest BCUT2D eigenvalue weighted by Crippen LogP contribution is -2.13. The largest absolute Gasteiger partial charge is 0.326 e. The highest BCUT2D eigenvalue weighted by Crippen LogP contribution is 2.25. The molecular weight excluding hydrogens is 304 g/mol. The number of anilines is 1. The van der Waals surface area contributed by atoms with E-state index in [1.165, 1.54) is 17.8 Å². The van der Waals surface area contributed by atoms with Gasteiger partial charge >= 0.3 is 0 Å². The molecule has 0 unspecified atom stereocenters. The number of aromatic nitrogens is 2. The quantitative estimate of drug-likeness (QED) is 0.380. The average molecular weight is 318 g/mol. The minimum absolute atomic E-state index is 0.00939. The fourth-order valence-corrected chi connectivity index (χ4v) is 2.51. The molecule has 0 saturated heterocycles. The van der Waals surface area contributed by atoms with Crippen LogP contribution in [0.4, 0.5) is 11.4 Å². The molecule has 114 valence electrons. The average Bonchev–Trinajstić information content (AvgIpc) is 2.50. The van der Waals surface area contributed by atoms with Gasteiger partial charge in [0.25, 0.3) is 5.69 Å². The molecule has 0 bridgehead atoms. The summed E-state index contributed by atoms with van der Waals surface area (Å²) < 4.78 is 0. The van der Waals surface area contributed by atoms with E-state index in [1.807, 2.05) is 0 Å². The second-order valence-electron chi connectivity index (χ2n) is 4.38. The maximum absolute atomic E-state index is 11.9. The van der Waals surface area contributed by atoms with E-state index in [-0.39, 0.29) is 18.0 Å². The molecule has 0 radical (unpaired) electrons. The highest BCUT2D eigenvalue weighted by molar-refractivity contribution is 7.99. The van der Waals surface area contributed by atoms with Crippen molar-refractivity contribution in [1.82, 2.24) is 9.97 Å². The Labute approximate surface area is 131 Å². The van der Waals surface area contributed by atoms with Gasteiger partial charge in [0.15, 0.2) is 5.16 Å². The molecule has 22 heavy (non-hydrogen) atoms. The first-order chi connectivity index (χ1) is 10.6. The molecule has 1 heterocycles. The Morgan fingerprint density at radius 3 is 2.73 bits per heavy atom. The van der Waals surface area contributed by atoms with Gasteiger partial charge in [-0.25, -0.2) is 9.97 Å². The molecule has 1 N–H and O–H groups in total. The van der Waals surface area contributed by atoms with Gasteiger partial charge in [-0.05, 0) is 19.1 Å². The molecule has 0 saturated carbocycles. The minimum Gasteiger partial charge on any atom is -0.326 e. The van der Waals surface area contributed by atoms with Crippen molar-refractivity contribution in [2.45, 2.75) is 18.5 Å². The van der Waals surface area contributed by atoms with Crippen LogP contribution in [0.3, 0.4) is 0 Å². The van der Waals surface area contributed by atoms with Crippen LogP contribution in [0.1, 0.15) is 12.0 Å². The Balaban J connectivity index is 1.90. The number of carbonyl (C=O) groups excluding carboxylic acids is 1. The Morgan fingerprint density at radius 1 is 1.32 bits per heavy atom. The van der Waals surface area contributed by atoms with Crippen LogP contribution in [0.15, 0.2) is 41.8 Å². The van der Waals surface area contributed by atoms with Gasteiger partial charge in [0.1, 0.15) is 0 Å². The lowest BCUT2D eigenvalue weighted by atomic mass is 10.1. The van der Waals surface area contributed by atoms with Gasteiger partial charge in [-0.3, -0.25) is 14.9 Å². The van der Waals surface area contributed by atoms with Crippen LogP contribution in [-0.4, -0.2) is 26.6 Å². The van der Waals surface area contributed by atoms with Crippen LogP contribution in [0.5, 0.6) is 0 Å². The van der Waals surface area contributed by atoms with Gasteiger partial charge in [0.05, 0.1) is 16.2 Å². The van der Waals surface area contributed by atoms with Gasteiger partial charge in [-0.1, -0.05) is 17.8 Å². The predicted molar refractivity (Wildman–Crippen MR) is 83.8 cm³/mol. The number of hydrogen-bond acceptors (Lipinski definition) is 6. The summed E-state index contributed by atoms with van der Waals surface area (Å²) in [6.45, 7) is 1.61. The number of rotatable bonds is 6. The zero-order chi connectivity index (χ0) is 15.9. The number of amides is 1. The van der Waals surface area contributed by atoms with E-state index in [4.69, 9.17) is 0 Å². The topological polar surface area (TPSA) is 98.0 Å². The summed E-state index contributed by atoms with van der Waals surface area (Å²) in [5, 5.41) is 14.2. The van der Waals surface area contributed by atoms with Crippen molar-refractivity contribution < 1.29 is 9.72 Å². The molecule has 7 nitrogen and oxygen atoms in total. The van der Waals surface area contributed by atoms with Gasteiger partial charge in [0, 0.05) is 30.6 Å². The molecule has 1 amide bonds. The van der Waals surface area contributed by atoms with Crippen LogP contribution >= 0.6 is 11.8 Å². The first kappa shape index (κ1) is 15.9. The number of carbonyl (C=O) groups is 1. The van der Waals surface area contributed by atoms with E-state index in [0.717, 1.165) is 0 Å². The zero-order valence-corrected chi connectivity index (χ0v) is 12.7. The summed E-state index contributed by atoms with van der Waals surface area (Å²) in [6.07, 6.45) is 3.55. The predicted octanol–water partition coefficient (Wildman–Crippen LogP) is 2.81. The molecule has 0 spiro atoms. The second kappa shape index (κ2) is 7.51. The smallest absolute Gasteiger partial charge is 0.274 e. The van der Waals surface area contributed by atoms with Crippen LogP contribution in [0.25, 0.3) is 0 Å². The highest BCUT2D eigenvalue weighted by Gasteiger charge is 2.14. The van der Waals surface area contributed by atoms with Crippen LogP contribution in [0, 0.1) is 17.0 Å². The molecule has 0 aliphatic rings. The number of hydrogen-bond donors (Lipinski definition) is 1. The zero-order valence-electron chi connectivity index (χ0n) is 11.9. The fraction of sp³-hybridized carbons (Fsp3) is 0.214. The molecule has 2 rings (SSSR count). The molecule has 0 aliphatic heterocycles. The standard InChI is InChI=1S/C14H14N4O3S/c1-10-11(4-2-5-12(10)18(20)21)17-13(19)6-9-22-14-15-7-3-8-16-14/h2-5,7-8H,6,9H2,1H3,(H,17,19). The summed E-state index contributed by atoms with van der Waals surface area (Å²) in [5.41, 5.74) is 0.893. The third-order valence-corrected chi connectivity index (χ3v) is 3.76. The Hall–Kier alpha value is -2.48. The van der Waals surface area contributed by atoms with E-state index < -0.39 is 4.92 Å². The number of nitro benzene ring substituents is 1. The highest BCUT2D eigenvalue weighted by atomic mass is 32.2. The maximum Gasteiger partial charge on any atom is 0.274 e. The van der Waals surface area contributed by atoms with Crippen molar-refractivity contribution in [2.24, 2.45) is 0 Å². The summed E-state index contributed by atoms with van der Waals surface area (Å²) in [4.78, 5) is 30.4. The van der Waals surface area contributed by atoms with Gasteiger partial charge in [-0.15, -0.1) is 0 Å². The normalized spacial score (nSPS) is 10.2. The molecule has 0 atom stereocenters. The van der Waals surface area contributed by atoms with E-state index >= 15 is 0 Å². The summed E-state index contributed by atoms with van der Waals surface area (Å²) >= 11 is 1.38. The molecule has 8 heteroatoms. The molecule has 0 aliphatic carbocycles. The molecule has 0 fully saturated rings. The number of nitrogens with one attached hydrogen (secondary N) is 1. The molecule has 1 aromatic carbocycles. The van der Waals surface area contributed by atoms with Crippen molar-refractivity contribution in [1.29, 1.82) is 0 Å². The summed E-state index contributed by atoms with van der Waals surface area (Å²) in [6, 6.07) is 6.33. The summed E-state index contributed by atoms with van der Waals surface area (Å²) in [7, 11) is 0. The Bertz CT molecular complexity index is 679. The lowest BCUT2D eigenvalue weighted by Gasteiger charge is -2.08. The van der Waals surface area contributed by atoms with Crippen molar-refractivity contribution >= 4 is 29.0 Å².